The zero-order valence-electron chi connectivity index (χ0n) is 10.6. The lowest BCUT2D eigenvalue weighted by atomic mass is 9.86. The van der Waals surface area contributed by atoms with Gasteiger partial charge in [0.25, 0.3) is 0 Å². The van der Waals surface area contributed by atoms with Gasteiger partial charge in [-0.2, -0.15) is 5.10 Å². The molecule has 1 saturated heterocycles. The lowest BCUT2D eigenvalue weighted by molar-refractivity contribution is -0.104. The Morgan fingerprint density at radius 2 is 2.41 bits per heavy atom. The first-order valence-electron chi connectivity index (χ1n) is 6.37. The normalized spacial score (nSPS) is 29.5. The van der Waals surface area contributed by atoms with Crippen molar-refractivity contribution in [3.63, 3.8) is 0 Å². The number of hydrogen-bond acceptors (Lipinski definition) is 4. The van der Waals surface area contributed by atoms with Gasteiger partial charge in [-0.1, -0.05) is 6.92 Å². The second-order valence-corrected chi connectivity index (χ2v) is 4.75. The van der Waals surface area contributed by atoms with Crippen molar-refractivity contribution in [1.29, 1.82) is 0 Å². The van der Waals surface area contributed by atoms with Gasteiger partial charge in [0.05, 0.1) is 11.7 Å². The fraction of sp³-hybridized carbons (Fsp3) is 0.833. The summed E-state index contributed by atoms with van der Waals surface area (Å²) in [6.45, 7) is 5.54. The van der Waals surface area contributed by atoms with Crippen LogP contribution in [0.5, 0.6) is 0 Å². The van der Waals surface area contributed by atoms with Crippen LogP contribution in [0.25, 0.3) is 0 Å². The summed E-state index contributed by atoms with van der Waals surface area (Å²) in [5.74, 6) is 0.867. The topological polar surface area (TPSA) is 60.2 Å². The Balaban J connectivity index is 2.06. The van der Waals surface area contributed by atoms with Crippen LogP contribution in [0.1, 0.15) is 38.9 Å². The third-order valence-electron chi connectivity index (χ3n) is 3.47. The van der Waals surface area contributed by atoms with Crippen LogP contribution in [-0.4, -0.2) is 38.2 Å². The minimum absolute atomic E-state index is 0.173. The molecule has 1 aromatic heterocycles. The minimum Gasteiger partial charge on any atom is -0.389 e. The van der Waals surface area contributed by atoms with Crippen molar-refractivity contribution in [2.24, 2.45) is 0 Å². The summed E-state index contributed by atoms with van der Waals surface area (Å²) >= 11 is 0. The van der Waals surface area contributed by atoms with Gasteiger partial charge < -0.3 is 9.84 Å². The van der Waals surface area contributed by atoms with Crippen molar-refractivity contribution < 1.29 is 9.84 Å². The van der Waals surface area contributed by atoms with Crippen LogP contribution in [-0.2, 0) is 17.7 Å². The van der Waals surface area contributed by atoms with E-state index in [0.717, 1.165) is 18.8 Å². The van der Waals surface area contributed by atoms with E-state index in [1.165, 1.54) is 0 Å². The van der Waals surface area contributed by atoms with Crippen molar-refractivity contribution in [2.45, 2.75) is 57.8 Å². The molecule has 1 aliphatic rings. The quantitative estimate of drug-likeness (QED) is 0.856. The summed E-state index contributed by atoms with van der Waals surface area (Å²) in [5.41, 5.74) is -0.682. The van der Waals surface area contributed by atoms with Crippen molar-refractivity contribution >= 4 is 0 Å². The molecule has 1 aliphatic heterocycles. The number of aryl methyl sites for hydroxylation is 1. The molecule has 1 aromatic rings. The maximum absolute atomic E-state index is 10.6. The fourth-order valence-electron chi connectivity index (χ4n) is 2.41. The van der Waals surface area contributed by atoms with Gasteiger partial charge in [-0.05, 0) is 13.3 Å². The molecule has 1 N–H and O–H groups in total. The molecule has 0 saturated carbocycles. The Morgan fingerprint density at radius 1 is 1.59 bits per heavy atom. The van der Waals surface area contributed by atoms with Crippen molar-refractivity contribution in [2.75, 3.05) is 6.61 Å². The predicted octanol–water partition coefficient (Wildman–Crippen LogP) is 1.16. The summed E-state index contributed by atoms with van der Waals surface area (Å²) in [4.78, 5) is 4.23. The van der Waals surface area contributed by atoms with Crippen LogP contribution >= 0.6 is 0 Å². The number of ether oxygens (including phenoxy) is 1. The first kappa shape index (κ1) is 12.5. The number of rotatable bonds is 4. The summed E-state index contributed by atoms with van der Waals surface area (Å²) in [6, 6.07) is 0. The maximum atomic E-state index is 10.6. The zero-order chi connectivity index (χ0) is 12.3. The molecular weight excluding hydrogens is 218 g/mol. The maximum Gasteiger partial charge on any atom is 0.138 e. The summed E-state index contributed by atoms with van der Waals surface area (Å²) in [7, 11) is 0. The second kappa shape index (κ2) is 5.14. The van der Waals surface area contributed by atoms with E-state index >= 15 is 0 Å². The number of aromatic nitrogens is 3. The highest BCUT2D eigenvalue weighted by molar-refractivity contribution is 4.97. The number of nitrogens with zero attached hydrogens (tertiary/aromatic N) is 3. The molecule has 1 fully saturated rings. The number of hydrogen-bond donors (Lipinski definition) is 1. The van der Waals surface area contributed by atoms with Gasteiger partial charge in [0, 0.05) is 32.4 Å². The lowest BCUT2D eigenvalue weighted by Gasteiger charge is -2.36. The second-order valence-electron chi connectivity index (χ2n) is 4.75. The standard InChI is InChI=1S/C12H21N3O2/c1-3-10-7-12(16,5-6-17-10)8-11-13-9-14-15(11)4-2/h9-10,16H,3-8H2,1-2H3. The van der Waals surface area contributed by atoms with Gasteiger partial charge in [-0.3, -0.25) is 4.68 Å². The molecule has 5 heteroatoms. The molecule has 2 atom stereocenters. The molecule has 0 bridgehead atoms. The van der Waals surface area contributed by atoms with E-state index in [0.29, 0.717) is 25.9 Å². The molecule has 2 heterocycles. The third kappa shape index (κ3) is 2.84. The van der Waals surface area contributed by atoms with E-state index in [2.05, 4.69) is 17.0 Å². The first-order chi connectivity index (χ1) is 8.17. The van der Waals surface area contributed by atoms with Gasteiger partial charge in [0.1, 0.15) is 12.2 Å². The van der Waals surface area contributed by atoms with Gasteiger partial charge >= 0.3 is 0 Å². The van der Waals surface area contributed by atoms with Crippen LogP contribution in [0.2, 0.25) is 0 Å². The van der Waals surface area contributed by atoms with Crippen LogP contribution in [0.4, 0.5) is 0 Å². The van der Waals surface area contributed by atoms with E-state index in [1.807, 2.05) is 11.6 Å². The van der Waals surface area contributed by atoms with Gasteiger partial charge in [-0.25, -0.2) is 4.98 Å². The monoisotopic (exact) mass is 239 g/mol. The molecule has 5 nitrogen and oxygen atoms in total. The van der Waals surface area contributed by atoms with E-state index in [-0.39, 0.29) is 6.10 Å². The summed E-state index contributed by atoms with van der Waals surface area (Å²) in [5, 5.41) is 14.7. The Hall–Kier alpha value is -0.940. The molecule has 2 unspecified atom stereocenters. The minimum atomic E-state index is -0.682. The average molecular weight is 239 g/mol. The molecular formula is C12H21N3O2. The highest BCUT2D eigenvalue weighted by Crippen LogP contribution is 2.29. The smallest absolute Gasteiger partial charge is 0.138 e. The van der Waals surface area contributed by atoms with Crippen LogP contribution in [0, 0.1) is 0 Å². The molecule has 0 radical (unpaired) electrons. The molecule has 96 valence electrons. The van der Waals surface area contributed by atoms with E-state index in [4.69, 9.17) is 4.74 Å². The predicted molar refractivity (Wildman–Crippen MR) is 63.6 cm³/mol. The van der Waals surface area contributed by atoms with Gasteiger partial charge in [0.2, 0.25) is 0 Å². The lowest BCUT2D eigenvalue weighted by Crippen LogP contribution is -2.43. The molecule has 0 spiro atoms. The Bertz CT molecular complexity index is 366. The van der Waals surface area contributed by atoms with E-state index < -0.39 is 5.60 Å². The summed E-state index contributed by atoms with van der Waals surface area (Å²) in [6.07, 6.45) is 4.62. The average Bonchev–Trinajstić information content (AvgIpc) is 2.75. The Kier molecular flexibility index (Phi) is 3.79. The SMILES string of the molecule is CCC1CC(O)(Cc2ncnn2CC)CCO1. The third-order valence-corrected chi connectivity index (χ3v) is 3.47. The van der Waals surface area contributed by atoms with Crippen molar-refractivity contribution in [1.82, 2.24) is 14.8 Å². The Morgan fingerprint density at radius 3 is 3.12 bits per heavy atom. The molecule has 0 aromatic carbocycles. The largest absolute Gasteiger partial charge is 0.389 e. The Labute approximate surface area is 102 Å². The van der Waals surface area contributed by atoms with Crippen molar-refractivity contribution in [3.05, 3.63) is 12.2 Å². The van der Waals surface area contributed by atoms with Crippen LogP contribution in [0.3, 0.4) is 0 Å². The molecule has 17 heavy (non-hydrogen) atoms. The summed E-state index contributed by atoms with van der Waals surface area (Å²) < 4.78 is 7.44. The molecule has 0 aliphatic carbocycles. The molecule has 0 amide bonds. The highest BCUT2D eigenvalue weighted by Gasteiger charge is 2.35. The fourth-order valence-corrected chi connectivity index (χ4v) is 2.41. The highest BCUT2D eigenvalue weighted by atomic mass is 16.5. The van der Waals surface area contributed by atoms with Crippen LogP contribution in [0.15, 0.2) is 6.33 Å². The van der Waals surface area contributed by atoms with Gasteiger partial charge in [-0.15, -0.1) is 0 Å². The first-order valence-corrected chi connectivity index (χ1v) is 6.37. The zero-order valence-corrected chi connectivity index (χ0v) is 10.6. The van der Waals surface area contributed by atoms with Crippen LogP contribution < -0.4 is 0 Å². The molecule has 2 rings (SSSR count). The van der Waals surface area contributed by atoms with Crippen molar-refractivity contribution in [3.8, 4) is 0 Å². The number of aliphatic hydroxyl groups is 1. The van der Waals surface area contributed by atoms with E-state index in [9.17, 15) is 5.11 Å². The van der Waals surface area contributed by atoms with Gasteiger partial charge in [0.15, 0.2) is 0 Å². The van der Waals surface area contributed by atoms with E-state index in [1.54, 1.807) is 6.33 Å².